The topological polar surface area (TPSA) is 96.6 Å². The van der Waals surface area contributed by atoms with Crippen molar-refractivity contribution in [3.63, 3.8) is 0 Å². The van der Waals surface area contributed by atoms with Crippen molar-refractivity contribution in [1.29, 1.82) is 0 Å². The molecule has 0 amide bonds. The van der Waals surface area contributed by atoms with E-state index in [2.05, 4.69) is 25.8 Å². The first-order chi connectivity index (χ1) is 12.9. The van der Waals surface area contributed by atoms with E-state index in [1.807, 2.05) is 63.6 Å². The number of aliphatic imine (C=N–C) groups is 1. The van der Waals surface area contributed by atoms with Crippen LogP contribution in [-0.4, -0.2) is 45.0 Å². The first-order valence-corrected chi connectivity index (χ1v) is 9.22. The first kappa shape index (κ1) is 24.2. The van der Waals surface area contributed by atoms with Crippen LogP contribution < -0.4 is 15.4 Å². The van der Waals surface area contributed by atoms with E-state index >= 15 is 0 Å². The molecule has 0 radical (unpaired) electrons. The highest BCUT2D eigenvalue weighted by Crippen LogP contribution is 2.19. The van der Waals surface area contributed by atoms with Crippen LogP contribution in [0.4, 0.5) is 0 Å². The van der Waals surface area contributed by atoms with Crippen molar-refractivity contribution >= 4 is 29.9 Å². The smallest absolute Gasteiger partial charge is 0.191 e. The standard InChI is InChI=1S/C19H30N6O2.HI/c1-6-20-19(22-12-18-24-23-14(4)25(18)5)21-11-17(26)15-8-7-9-16(10-15)27-13(2)3;/h7-10,13,17,26H,6,11-12H2,1-5H3,(H2,20,21,22);1H. The lowest BCUT2D eigenvalue weighted by Gasteiger charge is -2.17. The summed E-state index contributed by atoms with van der Waals surface area (Å²) in [6, 6.07) is 7.51. The van der Waals surface area contributed by atoms with Gasteiger partial charge in [0.1, 0.15) is 18.1 Å². The molecule has 8 nitrogen and oxygen atoms in total. The summed E-state index contributed by atoms with van der Waals surface area (Å²) in [5, 5.41) is 25.0. The molecule has 2 aromatic rings. The minimum Gasteiger partial charge on any atom is -0.491 e. The van der Waals surface area contributed by atoms with Crippen LogP contribution in [0.3, 0.4) is 0 Å². The zero-order valence-corrected chi connectivity index (χ0v) is 19.5. The van der Waals surface area contributed by atoms with Gasteiger partial charge in [-0.1, -0.05) is 12.1 Å². The molecule has 3 N–H and O–H groups in total. The summed E-state index contributed by atoms with van der Waals surface area (Å²) in [5.74, 6) is 2.99. The number of hydrogen-bond acceptors (Lipinski definition) is 5. The Labute approximate surface area is 183 Å². The fraction of sp³-hybridized carbons (Fsp3) is 0.526. The number of aliphatic hydroxyl groups is 1. The summed E-state index contributed by atoms with van der Waals surface area (Å²) in [5.41, 5.74) is 0.792. The molecule has 0 bridgehead atoms. The second-order valence-corrected chi connectivity index (χ2v) is 6.55. The van der Waals surface area contributed by atoms with Gasteiger partial charge in [-0.25, -0.2) is 4.99 Å². The molecule has 1 heterocycles. The number of halogens is 1. The van der Waals surface area contributed by atoms with Crippen molar-refractivity contribution in [1.82, 2.24) is 25.4 Å². The molecule has 28 heavy (non-hydrogen) atoms. The van der Waals surface area contributed by atoms with Crippen LogP contribution in [0.25, 0.3) is 0 Å². The molecule has 1 aromatic heterocycles. The highest BCUT2D eigenvalue weighted by Gasteiger charge is 2.11. The second kappa shape index (κ2) is 11.8. The fourth-order valence-electron chi connectivity index (χ4n) is 2.46. The van der Waals surface area contributed by atoms with Gasteiger partial charge in [0, 0.05) is 20.1 Å². The molecule has 0 saturated carbocycles. The number of benzene rings is 1. The Bertz CT molecular complexity index is 763. The molecule has 156 valence electrons. The molecular formula is C19H31IN6O2. The zero-order valence-electron chi connectivity index (χ0n) is 17.1. The Morgan fingerprint density at radius 3 is 2.64 bits per heavy atom. The highest BCUT2D eigenvalue weighted by atomic mass is 127. The van der Waals surface area contributed by atoms with E-state index in [1.165, 1.54) is 0 Å². The van der Waals surface area contributed by atoms with E-state index in [0.29, 0.717) is 19.0 Å². The predicted octanol–water partition coefficient (Wildman–Crippen LogP) is 2.32. The van der Waals surface area contributed by atoms with E-state index in [-0.39, 0.29) is 30.1 Å². The van der Waals surface area contributed by atoms with Crippen LogP contribution in [0.15, 0.2) is 29.3 Å². The number of rotatable bonds is 8. The van der Waals surface area contributed by atoms with Gasteiger partial charge in [0.25, 0.3) is 0 Å². The van der Waals surface area contributed by atoms with Crippen molar-refractivity contribution < 1.29 is 9.84 Å². The van der Waals surface area contributed by atoms with Gasteiger partial charge in [-0.15, -0.1) is 34.2 Å². The summed E-state index contributed by atoms with van der Waals surface area (Å²) in [6.45, 7) is 9.29. The van der Waals surface area contributed by atoms with Crippen LogP contribution in [0.2, 0.25) is 0 Å². The van der Waals surface area contributed by atoms with Crippen LogP contribution >= 0.6 is 24.0 Å². The maximum Gasteiger partial charge on any atom is 0.191 e. The fourth-order valence-corrected chi connectivity index (χ4v) is 2.46. The molecule has 1 atom stereocenters. The van der Waals surface area contributed by atoms with Crippen LogP contribution in [0, 0.1) is 6.92 Å². The van der Waals surface area contributed by atoms with Gasteiger partial charge < -0.3 is 25.0 Å². The molecule has 9 heteroatoms. The second-order valence-electron chi connectivity index (χ2n) is 6.55. The minimum atomic E-state index is -0.679. The largest absolute Gasteiger partial charge is 0.491 e. The number of nitrogens with one attached hydrogen (secondary N) is 2. The molecule has 0 fully saturated rings. The van der Waals surface area contributed by atoms with Gasteiger partial charge in [-0.2, -0.15) is 0 Å². The highest BCUT2D eigenvalue weighted by molar-refractivity contribution is 14.0. The van der Waals surface area contributed by atoms with Gasteiger partial charge in [0.2, 0.25) is 0 Å². The molecule has 0 saturated heterocycles. The lowest BCUT2D eigenvalue weighted by Crippen LogP contribution is -2.39. The van der Waals surface area contributed by atoms with Crippen LogP contribution in [0.1, 0.15) is 44.1 Å². The lowest BCUT2D eigenvalue weighted by molar-refractivity contribution is 0.179. The Morgan fingerprint density at radius 2 is 2.04 bits per heavy atom. The van der Waals surface area contributed by atoms with Crippen LogP contribution in [-0.2, 0) is 13.6 Å². The average molecular weight is 502 g/mol. The summed E-state index contributed by atoms with van der Waals surface area (Å²) in [4.78, 5) is 4.52. The normalized spacial score (nSPS) is 12.5. The maximum absolute atomic E-state index is 10.5. The third-order valence-electron chi connectivity index (χ3n) is 3.98. The Hall–Kier alpha value is -1.88. The number of aryl methyl sites for hydroxylation is 1. The molecule has 0 spiro atoms. The molecule has 2 rings (SSSR count). The number of hydrogen-bond donors (Lipinski definition) is 3. The van der Waals surface area contributed by atoms with Gasteiger partial charge in [-0.3, -0.25) is 0 Å². The third kappa shape index (κ3) is 7.27. The summed E-state index contributed by atoms with van der Waals surface area (Å²) in [7, 11) is 1.91. The van der Waals surface area contributed by atoms with Crippen molar-refractivity contribution in [3.8, 4) is 5.75 Å². The third-order valence-corrected chi connectivity index (χ3v) is 3.98. The predicted molar refractivity (Wildman–Crippen MR) is 121 cm³/mol. The lowest BCUT2D eigenvalue weighted by atomic mass is 10.1. The molecular weight excluding hydrogens is 471 g/mol. The van der Waals surface area contributed by atoms with Crippen molar-refractivity contribution in [2.75, 3.05) is 13.1 Å². The Morgan fingerprint density at radius 1 is 1.29 bits per heavy atom. The monoisotopic (exact) mass is 502 g/mol. The Balaban J connectivity index is 0.00000392. The molecule has 1 aromatic carbocycles. The van der Waals surface area contributed by atoms with E-state index in [4.69, 9.17) is 4.74 Å². The van der Waals surface area contributed by atoms with E-state index in [9.17, 15) is 5.11 Å². The summed E-state index contributed by atoms with van der Waals surface area (Å²) < 4.78 is 7.59. The quantitative estimate of drug-likeness (QED) is 0.291. The number of aliphatic hydroxyl groups excluding tert-OH is 1. The van der Waals surface area contributed by atoms with Crippen molar-refractivity contribution in [3.05, 3.63) is 41.5 Å². The average Bonchev–Trinajstić information content (AvgIpc) is 2.95. The van der Waals surface area contributed by atoms with Gasteiger partial charge >= 0.3 is 0 Å². The van der Waals surface area contributed by atoms with Gasteiger partial charge in [0.05, 0.1) is 12.2 Å². The minimum absolute atomic E-state index is 0. The van der Waals surface area contributed by atoms with E-state index in [0.717, 1.165) is 29.5 Å². The number of nitrogens with zero attached hydrogens (tertiary/aromatic N) is 4. The first-order valence-electron chi connectivity index (χ1n) is 9.22. The van der Waals surface area contributed by atoms with Crippen molar-refractivity contribution in [2.45, 2.75) is 46.4 Å². The molecule has 0 aliphatic heterocycles. The SMILES string of the molecule is CCNC(=NCc1nnc(C)n1C)NCC(O)c1cccc(OC(C)C)c1.I. The zero-order chi connectivity index (χ0) is 19.8. The molecule has 0 aliphatic rings. The molecule has 0 aliphatic carbocycles. The van der Waals surface area contributed by atoms with Crippen molar-refractivity contribution in [2.24, 2.45) is 12.0 Å². The van der Waals surface area contributed by atoms with Crippen LogP contribution in [0.5, 0.6) is 5.75 Å². The number of aromatic nitrogens is 3. The Kier molecular flexibility index (Phi) is 10.2. The van der Waals surface area contributed by atoms with Gasteiger partial charge in [-0.05, 0) is 45.4 Å². The molecule has 1 unspecified atom stereocenters. The number of guanidine groups is 1. The summed E-state index contributed by atoms with van der Waals surface area (Å²) in [6.07, 6.45) is -0.589. The number of ether oxygens (including phenoxy) is 1. The van der Waals surface area contributed by atoms with E-state index in [1.54, 1.807) is 0 Å². The maximum atomic E-state index is 10.5. The summed E-state index contributed by atoms with van der Waals surface area (Å²) >= 11 is 0. The van der Waals surface area contributed by atoms with Gasteiger partial charge in [0.15, 0.2) is 11.8 Å². The van der Waals surface area contributed by atoms with E-state index < -0.39 is 6.10 Å².